The average Bonchev–Trinajstić information content (AvgIpc) is 2.63. The van der Waals surface area contributed by atoms with Gasteiger partial charge in [-0.25, -0.2) is 4.79 Å². The molecule has 6 nitrogen and oxygen atoms in total. The summed E-state index contributed by atoms with van der Waals surface area (Å²) in [6.45, 7) is 3.21. The van der Waals surface area contributed by atoms with Crippen molar-refractivity contribution in [2.45, 2.75) is 25.7 Å². The van der Waals surface area contributed by atoms with Crippen molar-refractivity contribution in [1.29, 1.82) is 0 Å². The number of para-hydroxylation sites is 1. The molecule has 0 unspecified atom stereocenters. The van der Waals surface area contributed by atoms with E-state index in [1.807, 2.05) is 35.2 Å². The molecule has 24 heavy (non-hydrogen) atoms. The number of hydrogen-bond acceptors (Lipinski definition) is 3. The molecule has 0 aromatic heterocycles. The fourth-order valence-electron chi connectivity index (χ4n) is 3.41. The van der Waals surface area contributed by atoms with E-state index in [2.05, 4.69) is 10.6 Å². The van der Waals surface area contributed by atoms with Gasteiger partial charge >= 0.3 is 6.03 Å². The molecule has 0 saturated carbocycles. The first-order valence-corrected chi connectivity index (χ1v) is 8.64. The molecule has 0 aliphatic carbocycles. The zero-order valence-corrected chi connectivity index (χ0v) is 13.9. The Morgan fingerprint density at radius 3 is 2.62 bits per heavy atom. The minimum absolute atomic E-state index is 0.0265. The van der Waals surface area contributed by atoms with Crippen LogP contribution in [-0.4, -0.2) is 49.6 Å². The standard InChI is InChI=1S/C18H25N3O3/c22-16-6-7-18(14-20-16)8-11-21(12-9-18)17(23)19-10-13-24-15-4-2-1-3-5-15/h1-5H,6-14H2,(H,19,23)(H,20,22). The van der Waals surface area contributed by atoms with E-state index in [1.54, 1.807) is 0 Å². The zero-order chi connectivity index (χ0) is 16.8. The Hall–Kier alpha value is -2.24. The van der Waals surface area contributed by atoms with Crippen molar-refractivity contribution in [3.05, 3.63) is 30.3 Å². The van der Waals surface area contributed by atoms with Gasteiger partial charge in [-0.2, -0.15) is 0 Å². The number of nitrogens with one attached hydrogen (secondary N) is 2. The summed E-state index contributed by atoms with van der Waals surface area (Å²) in [6, 6.07) is 9.55. The van der Waals surface area contributed by atoms with Crippen LogP contribution in [0.5, 0.6) is 5.75 Å². The third kappa shape index (κ3) is 4.19. The second-order valence-corrected chi connectivity index (χ2v) is 6.66. The van der Waals surface area contributed by atoms with E-state index < -0.39 is 0 Å². The Morgan fingerprint density at radius 2 is 1.96 bits per heavy atom. The van der Waals surface area contributed by atoms with E-state index in [-0.39, 0.29) is 17.4 Å². The van der Waals surface area contributed by atoms with Crippen molar-refractivity contribution in [3.8, 4) is 5.75 Å². The van der Waals surface area contributed by atoms with Crippen LogP contribution in [-0.2, 0) is 4.79 Å². The Labute approximate surface area is 142 Å². The Morgan fingerprint density at radius 1 is 1.21 bits per heavy atom. The predicted octanol–water partition coefficient (Wildman–Crippen LogP) is 1.77. The molecule has 0 radical (unpaired) electrons. The van der Waals surface area contributed by atoms with E-state index in [1.165, 1.54) is 0 Å². The molecule has 2 saturated heterocycles. The topological polar surface area (TPSA) is 70.7 Å². The lowest BCUT2D eigenvalue weighted by molar-refractivity contribution is -0.125. The summed E-state index contributed by atoms with van der Waals surface area (Å²) < 4.78 is 5.57. The van der Waals surface area contributed by atoms with Crippen molar-refractivity contribution in [1.82, 2.24) is 15.5 Å². The Kier molecular flexibility index (Phi) is 5.23. The molecule has 130 valence electrons. The van der Waals surface area contributed by atoms with Crippen LogP contribution < -0.4 is 15.4 Å². The lowest BCUT2D eigenvalue weighted by Crippen LogP contribution is -2.52. The SMILES string of the molecule is O=C1CCC2(CCN(C(=O)NCCOc3ccccc3)CC2)CN1. The molecule has 2 fully saturated rings. The summed E-state index contributed by atoms with van der Waals surface area (Å²) in [4.78, 5) is 25.4. The summed E-state index contributed by atoms with van der Waals surface area (Å²) in [5.74, 6) is 0.963. The summed E-state index contributed by atoms with van der Waals surface area (Å²) in [5.41, 5.74) is 0.196. The second-order valence-electron chi connectivity index (χ2n) is 6.66. The molecular formula is C18H25N3O3. The minimum Gasteiger partial charge on any atom is -0.492 e. The quantitative estimate of drug-likeness (QED) is 0.826. The fraction of sp³-hybridized carbons (Fsp3) is 0.556. The van der Waals surface area contributed by atoms with Gasteiger partial charge in [0.1, 0.15) is 12.4 Å². The van der Waals surface area contributed by atoms with Crippen molar-refractivity contribution < 1.29 is 14.3 Å². The smallest absolute Gasteiger partial charge is 0.317 e. The van der Waals surface area contributed by atoms with Crippen LogP contribution in [0.3, 0.4) is 0 Å². The lowest BCUT2D eigenvalue weighted by atomic mass is 9.73. The summed E-state index contributed by atoms with van der Waals surface area (Å²) in [7, 11) is 0. The van der Waals surface area contributed by atoms with Gasteiger partial charge in [0.2, 0.25) is 5.91 Å². The highest BCUT2D eigenvalue weighted by Gasteiger charge is 2.38. The number of rotatable bonds is 4. The molecule has 1 aromatic rings. The molecule has 2 aliphatic rings. The van der Waals surface area contributed by atoms with E-state index in [4.69, 9.17) is 4.74 Å². The van der Waals surface area contributed by atoms with E-state index in [0.717, 1.165) is 44.6 Å². The van der Waals surface area contributed by atoms with E-state index in [9.17, 15) is 9.59 Å². The van der Waals surface area contributed by atoms with Crippen LogP contribution in [0, 0.1) is 5.41 Å². The molecular weight excluding hydrogens is 306 g/mol. The summed E-state index contributed by atoms with van der Waals surface area (Å²) in [5, 5.41) is 5.88. The van der Waals surface area contributed by atoms with E-state index in [0.29, 0.717) is 19.6 Å². The number of benzene rings is 1. The number of hydrogen-bond donors (Lipinski definition) is 2. The number of ether oxygens (including phenoxy) is 1. The Bertz CT molecular complexity index is 556. The molecule has 3 amide bonds. The number of piperidine rings is 2. The Balaban J connectivity index is 1.35. The lowest BCUT2D eigenvalue weighted by Gasteiger charge is -2.43. The number of likely N-dealkylation sites (tertiary alicyclic amines) is 1. The first kappa shape index (κ1) is 16.6. The fourth-order valence-corrected chi connectivity index (χ4v) is 3.41. The maximum atomic E-state index is 12.2. The zero-order valence-electron chi connectivity index (χ0n) is 13.9. The number of carbonyl (C=O) groups excluding carboxylic acids is 2. The van der Waals surface area contributed by atoms with Crippen molar-refractivity contribution in [3.63, 3.8) is 0 Å². The van der Waals surface area contributed by atoms with Gasteiger partial charge in [-0.15, -0.1) is 0 Å². The summed E-state index contributed by atoms with van der Waals surface area (Å²) >= 11 is 0. The van der Waals surface area contributed by atoms with Crippen LogP contribution in [0.4, 0.5) is 4.79 Å². The third-order valence-electron chi connectivity index (χ3n) is 5.04. The monoisotopic (exact) mass is 331 g/mol. The van der Waals surface area contributed by atoms with Crippen LogP contribution in [0.2, 0.25) is 0 Å². The van der Waals surface area contributed by atoms with Gasteiger partial charge in [0.15, 0.2) is 0 Å². The van der Waals surface area contributed by atoms with Gasteiger partial charge in [0.05, 0.1) is 6.54 Å². The summed E-state index contributed by atoms with van der Waals surface area (Å²) in [6.07, 6.45) is 3.48. The maximum Gasteiger partial charge on any atom is 0.317 e. The molecule has 0 bridgehead atoms. The second kappa shape index (κ2) is 7.55. The van der Waals surface area contributed by atoms with Crippen LogP contribution in [0.25, 0.3) is 0 Å². The van der Waals surface area contributed by atoms with Crippen molar-refractivity contribution in [2.75, 3.05) is 32.8 Å². The van der Waals surface area contributed by atoms with E-state index >= 15 is 0 Å². The first-order chi connectivity index (χ1) is 11.7. The van der Waals surface area contributed by atoms with Gasteiger partial charge in [-0.1, -0.05) is 18.2 Å². The van der Waals surface area contributed by atoms with Crippen LogP contribution in [0.15, 0.2) is 30.3 Å². The number of amides is 3. The minimum atomic E-state index is -0.0265. The number of urea groups is 1. The average molecular weight is 331 g/mol. The molecule has 2 N–H and O–H groups in total. The molecule has 1 spiro atoms. The highest BCUT2D eigenvalue weighted by Crippen LogP contribution is 2.37. The number of nitrogens with zero attached hydrogens (tertiary/aromatic N) is 1. The molecule has 2 heterocycles. The van der Waals surface area contributed by atoms with Crippen molar-refractivity contribution in [2.24, 2.45) is 5.41 Å². The van der Waals surface area contributed by atoms with Gasteiger partial charge in [0.25, 0.3) is 0 Å². The predicted molar refractivity (Wildman–Crippen MR) is 90.8 cm³/mol. The normalized spacial score (nSPS) is 19.7. The van der Waals surface area contributed by atoms with Crippen LogP contribution in [0.1, 0.15) is 25.7 Å². The first-order valence-electron chi connectivity index (χ1n) is 8.64. The molecule has 2 aliphatic heterocycles. The molecule has 6 heteroatoms. The third-order valence-corrected chi connectivity index (χ3v) is 5.04. The maximum absolute atomic E-state index is 12.2. The van der Waals surface area contributed by atoms with Gasteiger partial charge in [-0.05, 0) is 36.8 Å². The number of carbonyl (C=O) groups is 2. The highest BCUT2D eigenvalue weighted by molar-refractivity contribution is 5.77. The van der Waals surface area contributed by atoms with Crippen LogP contribution >= 0.6 is 0 Å². The van der Waals surface area contributed by atoms with Gasteiger partial charge in [-0.3, -0.25) is 4.79 Å². The largest absolute Gasteiger partial charge is 0.492 e. The van der Waals surface area contributed by atoms with Gasteiger partial charge < -0.3 is 20.3 Å². The molecule has 1 aromatic carbocycles. The molecule has 3 rings (SSSR count). The van der Waals surface area contributed by atoms with Crippen molar-refractivity contribution >= 4 is 11.9 Å². The molecule has 0 atom stereocenters. The van der Waals surface area contributed by atoms with Gasteiger partial charge in [0, 0.05) is 26.1 Å². The highest BCUT2D eigenvalue weighted by atomic mass is 16.5.